The van der Waals surface area contributed by atoms with Gasteiger partial charge in [0.15, 0.2) is 6.29 Å². The minimum absolute atomic E-state index is 0.325. The average Bonchev–Trinajstić information content (AvgIpc) is 2.76. The van der Waals surface area contributed by atoms with E-state index >= 15 is 0 Å². The number of rotatable bonds is 2. The first-order valence-electron chi connectivity index (χ1n) is 4.67. The zero-order chi connectivity index (χ0) is 12.5. The van der Waals surface area contributed by atoms with Gasteiger partial charge in [-0.2, -0.15) is 13.2 Å². The number of carbonyl (C=O) groups is 1. The fourth-order valence-electron chi connectivity index (χ4n) is 1.33. The molecule has 6 heteroatoms. The van der Waals surface area contributed by atoms with E-state index < -0.39 is 11.7 Å². The highest BCUT2D eigenvalue weighted by atomic mass is 19.4. The third-order valence-corrected chi connectivity index (χ3v) is 2.19. The van der Waals surface area contributed by atoms with Crippen molar-refractivity contribution >= 4 is 6.29 Å². The molecule has 0 saturated heterocycles. The Balaban J connectivity index is 2.32. The molecule has 0 bridgehead atoms. The number of pyridine rings is 1. The largest absolute Gasteiger partial charge is 0.417 e. The third-order valence-electron chi connectivity index (χ3n) is 2.19. The van der Waals surface area contributed by atoms with Gasteiger partial charge in [0.05, 0.1) is 5.56 Å². The summed E-state index contributed by atoms with van der Waals surface area (Å²) < 4.78 is 38.3. The van der Waals surface area contributed by atoms with Gasteiger partial charge in [-0.1, -0.05) is 0 Å². The molecule has 0 spiro atoms. The van der Waals surface area contributed by atoms with Crippen molar-refractivity contribution in [3.63, 3.8) is 0 Å². The first-order chi connectivity index (χ1) is 8.00. The molecule has 0 aliphatic carbocycles. The number of carbonyl (C=O) groups excluding carboxylic acids is 1. The lowest BCUT2D eigenvalue weighted by atomic mass is 10.3. The van der Waals surface area contributed by atoms with Gasteiger partial charge in [0, 0.05) is 24.2 Å². The minimum atomic E-state index is -4.39. The fraction of sp³-hybridized carbons (Fsp3) is 0.0909. The van der Waals surface area contributed by atoms with Crippen molar-refractivity contribution in [1.82, 2.24) is 9.55 Å². The van der Waals surface area contributed by atoms with Crippen LogP contribution < -0.4 is 0 Å². The van der Waals surface area contributed by atoms with Gasteiger partial charge in [0.1, 0.15) is 5.82 Å². The molecule has 0 aliphatic heterocycles. The van der Waals surface area contributed by atoms with Crippen molar-refractivity contribution in [1.29, 1.82) is 0 Å². The molecule has 0 aromatic carbocycles. The highest BCUT2D eigenvalue weighted by molar-refractivity contribution is 5.74. The van der Waals surface area contributed by atoms with E-state index in [1.807, 2.05) is 0 Å². The van der Waals surface area contributed by atoms with Gasteiger partial charge >= 0.3 is 6.18 Å². The van der Waals surface area contributed by atoms with Crippen molar-refractivity contribution in [2.75, 3.05) is 0 Å². The van der Waals surface area contributed by atoms with Crippen LogP contribution in [0.2, 0.25) is 0 Å². The first kappa shape index (κ1) is 11.4. The summed E-state index contributed by atoms with van der Waals surface area (Å²) >= 11 is 0. The molecule has 2 aromatic rings. The molecule has 3 nitrogen and oxygen atoms in total. The molecule has 0 unspecified atom stereocenters. The van der Waals surface area contributed by atoms with Gasteiger partial charge in [0.2, 0.25) is 0 Å². The van der Waals surface area contributed by atoms with Crippen LogP contribution in [0.4, 0.5) is 13.2 Å². The van der Waals surface area contributed by atoms with Gasteiger partial charge < -0.3 is 4.57 Å². The van der Waals surface area contributed by atoms with Crippen molar-refractivity contribution in [2.45, 2.75) is 6.18 Å². The normalized spacial score (nSPS) is 11.5. The predicted octanol–water partition coefficient (Wildman–Crippen LogP) is 2.70. The highest BCUT2D eigenvalue weighted by Gasteiger charge is 2.30. The SMILES string of the molecule is O=Cc1ccn(-c2ccc(C(F)(F)F)cn2)c1. The van der Waals surface area contributed by atoms with Gasteiger partial charge in [-0.25, -0.2) is 4.98 Å². The van der Waals surface area contributed by atoms with Crippen LogP contribution in [0, 0.1) is 0 Å². The van der Waals surface area contributed by atoms with E-state index in [-0.39, 0.29) is 0 Å². The second-order valence-electron chi connectivity index (χ2n) is 3.37. The molecule has 2 aromatic heterocycles. The van der Waals surface area contributed by atoms with Crippen LogP contribution in [-0.4, -0.2) is 15.8 Å². The van der Waals surface area contributed by atoms with Crippen LogP contribution in [0.1, 0.15) is 15.9 Å². The maximum absolute atomic E-state index is 12.3. The Kier molecular flexibility index (Phi) is 2.71. The van der Waals surface area contributed by atoms with E-state index in [2.05, 4.69) is 4.98 Å². The number of aldehydes is 1. The van der Waals surface area contributed by atoms with E-state index in [1.165, 1.54) is 16.8 Å². The molecule has 0 fully saturated rings. The summed E-state index contributed by atoms with van der Waals surface area (Å²) in [6, 6.07) is 3.74. The molecule has 0 radical (unpaired) electrons. The molecule has 2 rings (SSSR count). The second-order valence-corrected chi connectivity index (χ2v) is 3.37. The van der Waals surface area contributed by atoms with Gasteiger partial charge in [-0.05, 0) is 18.2 Å². The number of hydrogen-bond acceptors (Lipinski definition) is 2. The summed E-state index contributed by atoms with van der Waals surface area (Å²) in [6.45, 7) is 0. The Morgan fingerprint density at radius 2 is 2.00 bits per heavy atom. The molecule has 17 heavy (non-hydrogen) atoms. The third kappa shape index (κ3) is 2.35. The Morgan fingerprint density at radius 3 is 2.47 bits per heavy atom. The number of nitrogens with zero attached hydrogens (tertiary/aromatic N) is 2. The monoisotopic (exact) mass is 240 g/mol. The lowest BCUT2D eigenvalue weighted by molar-refractivity contribution is -0.137. The zero-order valence-corrected chi connectivity index (χ0v) is 8.48. The standard InChI is InChI=1S/C11H7F3N2O/c12-11(13,14)9-1-2-10(15-5-9)16-4-3-8(6-16)7-17/h1-7H. The minimum Gasteiger partial charge on any atom is -0.308 e. The Labute approximate surface area is 94.5 Å². The van der Waals surface area contributed by atoms with Crippen molar-refractivity contribution in [2.24, 2.45) is 0 Å². The lowest BCUT2D eigenvalue weighted by Gasteiger charge is -2.07. The number of aromatic nitrogens is 2. The molecule has 0 amide bonds. The molecular formula is C11H7F3N2O. The molecule has 2 heterocycles. The Bertz CT molecular complexity index is 528. The first-order valence-corrected chi connectivity index (χ1v) is 4.67. The van der Waals surface area contributed by atoms with Gasteiger partial charge in [-0.15, -0.1) is 0 Å². The zero-order valence-electron chi connectivity index (χ0n) is 8.48. The predicted molar refractivity (Wildman–Crippen MR) is 54.0 cm³/mol. The number of halogens is 3. The molecule has 0 N–H and O–H groups in total. The molecular weight excluding hydrogens is 233 g/mol. The summed E-state index contributed by atoms with van der Waals surface area (Å²) in [4.78, 5) is 14.1. The number of alkyl halides is 3. The molecule has 0 aliphatic rings. The molecule has 0 saturated carbocycles. The van der Waals surface area contributed by atoms with E-state index in [0.717, 1.165) is 12.3 Å². The summed E-state index contributed by atoms with van der Waals surface area (Å²) in [7, 11) is 0. The van der Waals surface area contributed by atoms with E-state index in [1.54, 1.807) is 12.3 Å². The fourth-order valence-corrected chi connectivity index (χ4v) is 1.33. The van der Waals surface area contributed by atoms with Crippen LogP contribution in [0.15, 0.2) is 36.8 Å². The number of hydrogen-bond donors (Lipinski definition) is 0. The van der Waals surface area contributed by atoms with Crippen LogP contribution in [-0.2, 0) is 6.18 Å². The smallest absolute Gasteiger partial charge is 0.308 e. The van der Waals surface area contributed by atoms with Crippen molar-refractivity contribution < 1.29 is 18.0 Å². The van der Waals surface area contributed by atoms with Crippen molar-refractivity contribution in [3.8, 4) is 5.82 Å². The second kappa shape index (κ2) is 4.04. The molecule has 0 atom stereocenters. The van der Waals surface area contributed by atoms with Crippen LogP contribution in [0.3, 0.4) is 0 Å². The van der Waals surface area contributed by atoms with Crippen LogP contribution in [0.25, 0.3) is 5.82 Å². The van der Waals surface area contributed by atoms with E-state index in [0.29, 0.717) is 17.7 Å². The average molecular weight is 240 g/mol. The van der Waals surface area contributed by atoms with Crippen LogP contribution in [0.5, 0.6) is 0 Å². The topological polar surface area (TPSA) is 34.9 Å². The maximum atomic E-state index is 12.3. The van der Waals surface area contributed by atoms with Gasteiger partial charge in [-0.3, -0.25) is 4.79 Å². The lowest BCUT2D eigenvalue weighted by Crippen LogP contribution is -2.06. The Hall–Kier alpha value is -2.11. The highest BCUT2D eigenvalue weighted by Crippen LogP contribution is 2.28. The maximum Gasteiger partial charge on any atom is 0.417 e. The van der Waals surface area contributed by atoms with E-state index in [9.17, 15) is 18.0 Å². The summed E-state index contributed by atoms with van der Waals surface area (Å²) in [5.41, 5.74) is -0.365. The van der Waals surface area contributed by atoms with E-state index in [4.69, 9.17) is 0 Å². The summed E-state index contributed by atoms with van der Waals surface area (Å²) in [5, 5.41) is 0. The van der Waals surface area contributed by atoms with Crippen LogP contribution >= 0.6 is 0 Å². The summed E-state index contributed by atoms with van der Waals surface area (Å²) in [5.74, 6) is 0.325. The Morgan fingerprint density at radius 1 is 1.24 bits per heavy atom. The summed E-state index contributed by atoms with van der Waals surface area (Å²) in [6.07, 6.45) is 0.0641. The van der Waals surface area contributed by atoms with Crippen molar-refractivity contribution in [3.05, 3.63) is 47.9 Å². The molecule has 88 valence electrons. The van der Waals surface area contributed by atoms with Gasteiger partial charge in [0.25, 0.3) is 0 Å². The quantitative estimate of drug-likeness (QED) is 0.756.